The average molecular weight is 400 g/mol. The average Bonchev–Trinajstić information content (AvgIpc) is 3.11. The van der Waals surface area contributed by atoms with Gasteiger partial charge in [0.1, 0.15) is 23.4 Å². The van der Waals surface area contributed by atoms with E-state index < -0.39 is 11.9 Å². The minimum absolute atomic E-state index is 0.0585. The summed E-state index contributed by atoms with van der Waals surface area (Å²) in [6, 6.07) is 6.94. The molecule has 0 aliphatic carbocycles. The fourth-order valence-corrected chi connectivity index (χ4v) is 3.24. The SMILES string of the molecule is Cc1ccc(O)c(C)c1-n1cnc2[nH]c(-c3ccc(C(F)(F)F)nc3)cc2c1=O. The number of phenolic OH excluding ortho intramolecular Hbond substituents is 1. The van der Waals surface area contributed by atoms with Crippen LogP contribution in [-0.2, 0) is 6.18 Å². The van der Waals surface area contributed by atoms with E-state index in [4.69, 9.17) is 0 Å². The van der Waals surface area contributed by atoms with Crippen molar-refractivity contribution >= 4 is 11.0 Å². The van der Waals surface area contributed by atoms with E-state index in [1.165, 1.54) is 23.0 Å². The Hall–Kier alpha value is -3.62. The van der Waals surface area contributed by atoms with Crippen molar-refractivity contribution in [3.05, 3.63) is 70.0 Å². The van der Waals surface area contributed by atoms with Crippen LogP contribution in [0.2, 0.25) is 0 Å². The van der Waals surface area contributed by atoms with Gasteiger partial charge in [0.15, 0.2) is 0 Å². The van der Waals surface area contributed by atoms with Gasteiger partial charge in [-0.1, -0.05) is 6.07 Å². The minimum atomic E-state index is -4.52. The van der Waals surface area contributed by atoms with Crippen LogP contribution >= 0.6 is 0 Å². The van der Waals surface area contributed by atoms with E-state index in [0.717, 1.165) is 17.8 Å². The molecule has 0 fully saturated rings. The number of nitrogens with one attached hydrogen (secondary N) is 1. The predicted octanol–water partition coefficient (Wildman–Crippen LogP) is 4.12. The Labute approximate surface area is 162 Å². The highest BCUT2D eigenvalue weighted by atomic mass is 19.4. The first-order valence-electron chi connectivity index (χ1n) is 8.60. The van der Waals surface area contributed by atoms with Crippen LogP contribution in [0.4, 0.5) is 13.2 Å². The lowest BCUT2D eigenvalue weighted by Crippen LogP contribution is -2.20. The van der Waals surface area contributed by atoms with Crippen molar-refractivity contribution < 1.29 is 18.3 Å². The number of benzene rings is 1. The molecule has 0 radical (unpaired) electrons. The molecule has 0 saturated carbocycles. The van der Waals surface area contributed by atoms with Crippen LogP contribution < -0.4 is 5.56 Å². The maximum absolute atomic E-state index is 13.0. The second kappa shape index (κ2) is 6.47. The minimum Gasteiger partial charge on any atom is -0.508 e. The number of nitrogens with zero attached hydrogens (tertiary/aromatic N) is 3. The van der Waals surface area contributed by atoms with Gasteiger partial charge in [0.25, 0.3) is 5.56 Å². The van der Waals surface area contributed by atoms with Gasteiger partial charge in [-0.15, -0.1) is 0 Å². The number of aromatic nitrogens is 4. The molecule has 1 aromatic carbocycles. The van der Waals surface area contributed by atoms with Crippen molar-refractivity contribution in [1.82, 2.24) is 19.5 Å². The summed E-state index contributed by atoms with van der Waals surface area (Å²) in [4.78, 5) is 23.7. The van der Waals surface area contributed by atoms with Gasteiger partial charge in [-0.05, 0) is 43.7 Å². The first kappa shape index (κ1) is 18.7. The molecule has 2 N–H and O–H groups in total. The molecular formula is C20H15F3N4O2. The van der Waals surface area contributed by atoms with Crippen LogP contribution in [0.15, 0.2) is 47.7 Å². The molecule has 0 unspecified atom stereocenters. The summed E-state index contributed by atoms with van der Waals surface area (Å²) >= 11 is 0. The van der Waals surface area contributed by atoms with Crippen molar-refractivity contribution in [2.24, 2.45) is 0 Å². The molecule has 0 atom stereocenters. The van der Waals surface area contributed by atoms with Crippen molar-refractivity contribution in [3.63, 3.8) is 0 Å². The maximum atomic E-state index is 13.0. The highest BCUT2D eigenvalue weighted by molar-refractivity contribution is 5.82. The van der Waals surface area contributed by atoms with Gasteiger partial charge in [-0.25, -0.2) is 4.98 Å². The number of hydrogen-bond donors (Lipinski definition) is 2. The van der Waals surface area contributed by atoms with Crippen molar-refractivity contribution in [1.29, 1.82) is 0 Å². The molecule has 0 amide bonds. The fourth-order valence-electron chi connectivity index (χ4n) is 3.24. The number of pyridine rings is 1. The summed E-state index contributed by atoms with van der Waals surface area (Å²) in [6.45, 7) is 3.51. The Morgan fingerprint density at radius 1 is 1.10 bits per heavy atom. The number of aromatic hydroxyl groups is 1. The third-order valence-electron chi connectivity index (χ3n) is 4.76. The van der Waals surface area contributed by atoms with Crippen LogP contribution in [0, 0.1) is 13.8 Å². The number of aromatic amines is 1. The Kier molecular flexibility index (Phi) is 4.18. The largest absolute Gasteiger partial charge is 0.508 e. The van der Waals surface area contributed by atoms with Crippen LogP contribution in [0.3, 0.4) is 0 Å². The molecule has 0 bridgehead atoms. The van der Waals surface area contributed by atoms with E-state index >= 15 is 0 Å². The monoisotopic (exact) mass is 400 g/mol. The Morgan fingerprint density at radius 3 is 2.52 bits per heavy atom. The Balaban J connectivity index is 1.84. The van der Waals surface area contributed by atoms with Crippen LogP contribution in [0.5, 0.6) is 5.75 Å². The predicted molar refractivity (Wildman–Crippen MR) is 101 cm³/mol. The Bertz CT molecular complexity index is 1290. The number of halogens is 3. The van der Waals surface area contributed by atoms with E-state index in [9.17, 15) is 23.1 Å². The molecular weight excluding hydrogens is 385 g/mol. The lowest BCUT2D eigenvalue weighted by atomic mass is 10.1. The molecule has 3 heterocycles. The third kappa shape index (κ3) is 3.14. The van der Waals surface area contributed by atoms with Crippen molar-refractivity contribution in [2.75, 3.05) is 0 Å². The van der Waals surface area contributed by atoms with E-state index in [0.29, 0.717) is 28.2 Å². The van der Waals surface area contributed by atoms with Gasteiger partial charge in [0.2, 0.25) is 0 Å². The van der Waals surface area contributed by atoms with Gasteiger partial charge in [0, 0.05) is 23.0 Å². The number of alkyl halides is 3. The number of aryl methyl sites for hydroxylation is 1. The highest BCUT2D eigenvalue weighted by Crippen LogP contribution is 2.30. The summed E-state index contributed by atoms with van der Waals surface area (Å²) in [6.07, 6.45) is -2.08. The molecule has 0 spiro atoms. The van der Waals surface area contributed by atoms with Gasteiger partial charge >= 0.3 is 6.18 Å². The zero-order valence-electron chi connectivity index (χ0n) is 15.4. The van der Waals surface area contributed by atoms with Gasteiger partial charge in [0.05, 0.1) is 11.1 Å². The molecule has 9 heteroatoms. The fraction of sp³-hybridized carbons (Fsp3) is 0.150. The first-order valence-corrected chi connectivity index (χ1v) is 8.60. The normalized spacial score (nSPS) is 11.9. The van der Waals surface area contributed by atoms with E-state index in [-0.39, 0.29) is 16.7 Å². The zero-order valence-corrected chi connectivity index (χ0v) is 15.4. The summed E-state index contributed by atoms with van der Waals surface area (Å²) in [5, 5.41) is 10.3. The highest BCUT2D eigenvalue weighted by Gasteiger charge is 2.32. The summed E-state index contributed by atoms with van der Waals surface area (Å²) < 4.78 is 39.4. The summed E-state index contributed by atoms with van der Waals surface area (Å²) in [5.74, 6) is 0.0585. The Morgan fingerprint density at radius 2 is 1.86 bits per heavy atom. The topological polar surface area (TPSA) is 83.8 Å². The van der Waals surface area contributed by atoms with Crippen molar-refractivity contribution in [2.45, 2.75) is 20.0 Å². The van der Waals surface area contributed by atoms with Crippen LogP contribution in [-0.4, -0.2) is 24.6 Å². The second-order valence-electron chi connectivity index (χ2n) is 6.67. The quantitative estimate of drug-likeness (QED) is 0.530. The molecule has 0 saturated heterocycles. The maximum Gasteiger partial charge on any atom is 0.433 e. The van der Waals surface area contributed by atoms with Gasteiger partial charge in [-0.3, -0.25) is 14.3 Å². The molecule has 3 aromatic heterocycles. The van der Waals surface area contributed by atoms with E-state index in [1.54, 1.807) is 19.1 Å². The smallest absolute Gasteiger partial charge is 0.433 e. The molecule has 6 nitrogen and oxygen atoms in total. The molecule has 4 rings (SSSR count). The van der Waals surface area contributed by atoms with Crippen LogP contribution in [0.1, 0.15) is 16.8 Å². The van der Waals surface area contributed by atoms with E-state index in [1.807, 2.05) is 6.92 Å². The van der Waals surface area contributed by atoms with Gasteiger partial charge < -0.3 is 10.1 Å². The van der Waals surface area contributed by atoms with E-state index in [2.05, 4.69) is 15.0 Å². The molecule has 4 aromatic rings. The van der Waals surface area contributed by atoms with Gasteiger partial charge in [-0.2, -0.15) is 13.2 Å². The summed E-state index contributed by atoms with van der Waals surface area (Å²) in [5.41, 5.74) is 1.61. The number of H-pyrrole nitrogens is 1. The molecule has 0 aliphatic heterocycles. The lowest BCUT2D eigenvalue weighted by molar-refractivity contribution is -0.141. The molecule has 148 valence electrons. The van der Waals surface area contributed by atoms with Crippen LogP contribution in [0.25, 0.3) is 28.0 Å². The zero-order chi connectivity index (χ0) is 20.9. The number of phenols is 1. The standard InChI is InChI=1S/C20H15F3N4O2/c1-10-3-5-15(28)11(2)17(10)27-9-25-18-13(19(27)29)7-14(26-18)12-4-6-16(24-8-12)20(21,22)23/h3-9,26,28H,1-2H3. The molecule has 29 heavy (non-hydrogen) atoms. The first-order chi connectivity index (χ1) is 13.7. The number of rotatable bonds is 2. The number of fused-ring (bicyclic) bond motifs is 1. The molecule has 0 aliphatic rings. The summed E-state index contributed by atoms with van der Waals surface area (Å²) in [7, 11) is 0. The lowest BCUT2D eigenvalue weighted by Gasteiger charge is -2.13. The number of hydrogen-bond acceptors (Lipinski definition) is 4. The third-order valence-corrected chi connectivity index (χ3v) is 4.76. The van der Waals surface area contributed by atoms with Crippen molar-refractivity contribution in [3.8, 4) is 22.7 Å². The second-order valence-corrected chi connectivity index (χ2v) is 6.67.